The van der Waals surface area contributed by atoms with Crippen LogP contribution in [0.25, 0.3) is 10.8 Å². The predicted octanol–water partition coefficient (Wildman–Crippen LogP) is 4.69. The Morgan fingerprint density at radius 1 is 1.05 bits per heavy atom. The van der Waals surface area contributed by atoms with Crippen LogP contribution in [0.2, 0.25) is 10.3 Å². The van der Waals surface area contributed by atoms with Crippen molar-refractivity contribution in [3.05, 3.63) is 64.7 Å². The molecule has 108 valence electrons. The normalized spacial score (nSPS) is 11.2. The lowest BCUT2D eigenvalue weighted by atomic mass is 10.1. The van der Waals surface area contributed by atoms with Gasteiger partial charge in [0.1, 0.15) is 6.54 Å². The summed E-state index contributed by atoms with van der Waals surface area (Å²) in [6, 6.07) is 14.8. The van der Waals surface area contributed by atoms with E-state index in [-0.39, 0.29) is 0 Å². The zero-order valence-electron chi connectivity index (χ0n) is 11.9. The Hall–Kier alpha value is -1.51. The topological polar surface area (TPSA) is 8.81 Å². The molecule has 0 bridgehead atoms. The molecule has 0 saturated carbocycles. The van der Waals surface area contributed by atoms with Crippen molar-refractivity contribution in [2.45, 2.75) is 26.4 Å². The average Bonchev–Trinajstić information content (AvgIpc) is 2.76. The SMILES string of the molecule is CCCn1c[n+](Cc2ccc3ccccc3c2)c(Cl)c1Cl. The van der Waals surface area contributed by atoms with Crippen LogP contribution in [-0.4, -0.2) is 4.57 Å². The average molecular weight is 320 g/mol. The van der Waals surface area contributed by atoms with Gasteiger partial charge in [-0.05, 0) is 52.0 Å². The molecule has 1 aromatic heterocycles. The molecule has 3 rings (SSSR count). The monoisotopic (exact) mass is 319 g/mol. The third-order valence-electron chi connectivity index (χ3n) is 3.58. The highest BCUT2D eigenvalue weighted by atomic mass is 35.5. The van der Waals surface area contributed by atoms with Gasteiger partial charge in [0, 0.05) is 0 Å². The Morgan fingerprint density at radius 2 is 1.81 bits per heavy atom. The third kappa shape index (κ3) is 2.92. The number of rotatable bonds is 4. The summed E-state index contributed by atoms with van der Waals surface area (Å²) in [5.41, 5.74) is 1.21. The fourth-order valence-corrected chi connectivity index (χ4v) is 3.00. The van der Waals surface area contributed by atoms with Crippen LogP contribution in [0.5, 0.6) is 0 Å². The van der Waals surface area contributed by atoms with Gasteiger partial charge in [0.25, 0.3) is 10.3 Å². The van der Waals surface area contributed by atoms with Gasteiger partial charge >= 0.3 is 0 Å². The number of halogens is 2. The number of fused-ring (bicyclic) bond motifs is 1. The van der Waals surface area contributed by atoms with Gasteiger partial charge in [-0.25, -0.2) is 9.13 Å². The highest BCUT2D eigenvalue weighted by Gasteiger charge is 2.19. The Labute approximate surface area is 134 Å². The molecule has 0 unspecified atom stereocenters. The van der Waals surface area contributed by atoms with Crippen molar-refractivity contribution < 1.29 is 4.57 Å². The summed E-state index contributed by atoms with van der Waals surface area (Å²) in [6.07, 6.45) is 3.02. The number of hydrogen-bond acceptors (Lipinski definition) is 0. The molecule has 0 atom stereocenters. The minimum absolute atomic E-state index is 0.596. The van der Waals surface area contributed by atoms with E-state index in [2.05, 4.69) is 49.4 Å². The van der Waals surface area contributed by atoms with E-state index in [9.17, 15) is 0 Å². The van der Waals surface area contributed by atoms with E-state index in [0.717, 1.165) is 19.5 Å². The molecule has 0 fully saturated rings. The number of aryl methyl sites for hydroxylation is 1. The minimum atomic E-state index is 0.596. The molecule has 2 nitrogen and oxygen atoms in total. The van der Waals surface area contributed by atoms with E-state index >= 15 is 0 Å². The van der Waals surface area contributed by atoms with Crippen LogP contribution in [0.1, 0.15) is 18.9 Å². The highest BCUT2D eigenvalue weighted by Crippen LogP contribution is 2.20. The van der Waals surface area contributed by atoms with Crippen molar-refractivity contribution in [1.82, 2.24) is 4.57 Å². The maximum Gasteiger partial charge on any atom is 0.255 e. The smallest absolute Gasteiger partial charge is 0.219 e. The molecular weight excluding hydrogens is 303 g/mol. The summed E-state index contributed by atoms with van der Waals surface area (Å²) in [7, 11) is 0. The fraction of sp³-hybridized carbons (Fsp3) is 0.235. The van der Waals surface area contributed by atoms with E-state index < -0.39 is 0 Å². The van der Waals surface area contributed by atoms with Crippen LogP contribution in [-0.2, 0) is 13.1 Å². The Bertz CT molecular complexity index is 778. The van der Waals surface area contributed by atoms with Gasteiger partial charge in [0.15, 0.2) is 0 Å². The van der Waals surface area contributed by atoms with Crippen molar-refractivity contribution >= 4 is 34.0 Å². The van der Waals surface area contributed by atoms with Crippen LogP contribution >= 0.6 is 23.2 Å². The molecule has 2 aromatic carbocycles. The molecule has 0 spiro atoms. The van der Waals surface area contributed by atoms with Crippen LogP contribution in [0, 0.1) is 0 Å². The Kier molecular flexibility index (Phi) is 4.18. The van der Waals surface area contributed by atoms with Gasteiger partial charge in [-0.3, -0.25) is 0 Å². The molecule has 0 aliphatic carbocycles. The molecule has 1 heterocycles. The van der Waals surface area contributed by atoms with Gasteiger partial charge in [0.2, 0.25) is 6.33 Å². The molecule has 0 amide bonds. The van der Waals surface area contributed by atoms with Gasteiger partial charge in [-0.1, -0.05) is 43.3 Å². The number of benzene rings is 2. The lowest BCUT2D eigenvalue weighted by Crippen LogP contribution is -2.33. The first-order valence-corrected chi connectivity index (χ1v) is 7.86. The van der Waals surface area contributed by atoms with E-state index in [1.54, 1.807) is 0 Å². The Morgan fingerprint density at radius 3 is 2.57 bits per heavy atom. The first kappa shape index (κ1) is 14.4. The second-order valence-electron chi connectivity index (χ2n) is 5.20. The molecule has 3 aromatic rings. The fourth-order valence-electron chi connectivity index (χ4n) is 2.55. The summed E-state index contributed by atoms with van der Waals surface area (Å²) in [5, 5.41) is 3.70. The van der Waals surface area contributed by atoms with Crippen LogP contribution in [0.3, 0.4) is 0 Å². The molecule has 4 heteroatoms. The van der Waals surface area contributed by atoms with Gasteiger partial charge in [-0.2, -0.15) is 0 Å². The van der Waals surface area contributed by atoms with Crippen molar-refractivity contribution in [3.63, 3.8) is 0 Å². The standard InChI is InChI=1S/C17H17Cl2N2/c1-2-9-20-12-21(17(19)16(20)18)11-13-7-8-14-5-3-4-6-15(14)10-13/h3-8,10,12H,2,9,11H2,1H3/q+1. The van der Waals surface area contributed by atoms with Crippen LogP contribution in [0.15, 0.2) is 48.8 Å². The number of nitrogens with zero attached hydrogens (tertiary/aromatic N) is 2. The van der Waals surface area contributed by atoms with Gasteiger partial charge < -0.3 is 0 Å². The number of imidazole rings is 1. The van der Waals surface area contributed by atoms with Crippen LogP contribution in [0.4, 0.5) is 0 Å². The lowest BCUT2D eigenvalue weighted by molar-refractivity contribution is -0.685. The zero-order chi connectivity index (χ0) is 14.8. The van der Waals surface area contributed by atoms with E-state index in [0.29, 0.717) is 10.3 Å². The van der Waals surface area contributed by atoms with Crippen molar-refractivity contribution in [1.29, 1.82) is 0 Å². The molecular formula is C17H17Cl2N2+. The summed E-state index contributed by atoms with van der Waals surface area (Å²) < 4.78 is 3.98. The van der Waals surface area contributed by atoms with Gasteiger partial charge in [-0.15, -0.1) is 0 Å². The van der Waals surface area contributed by atoms with Crippen LogP contribution < -0.4 is 4.57 Å². The Balaban J connectivity index is 1.93. The summed E-state index contributed by atoms with van der Waals surface area (Å²) in [4.78, 5) is 0. The summed E-state index contributed by atoms with van der Waals surface area (Å²) >= 11 is 12.6. The lowest BCUT2D eigenvalue weighted by Gasteiger charge is -2.02. The molecule has 0 aliphatic heterocycles. The molecule has 0 saturated heterocycles. The number of aromatic nitrogens is 2. The second kappa shape index (κ2) is 6.08. The molecule has 0 aliphatic rings. The van der Waals surface area contributed by atoms with Crippen molar-refractivity contribution in [2.75, 3.05) is 0 Å². The quantitative estimate of drug-likeness (QED) is 0.617. The maximum absolute atomic E-state index is 6.33. The maximum atomic E-state index is 6.33. The largest absolute Gasteiger partial charge is 0.255 e. The molecule has 0 radical (unpaired) electrons. The van der Waals surface area contributed by atoms with E-state index in [1.807, 2.05) is 15.5 Å². The minimum Gasteiger partial charge on any atom is -0.219 e. The van der Waals surface area contributed by atoms with Crippen molar-refractivity contribution in [2.24, 2.45) is 0 Å². The molecule has 0 N–H and O–H groups in total. The second-order valence-corrected chi connectivity index (χ2v) is 5.92. The first-order chi connectivity index (χ1) is 10.2. The zero-order valence-corrected chi connectivity index (χ0v) is 13.4. The first-order valence-electron chi connectivity index (χ1n) is 7.10. The number of hydrogen-bond donors (Lipinski definition) is 0. The van der Waals surface area contributed by atoms with E-state index in [4.69, 9.17) is 23.2 Å². The third-order valence-corrected chi connectivity index (χ3v) is 4.47. The molecule has 21 heavy (non-hydrogen) atoms. The summed E-state index contributed by atoms with van der Waals surface area (Å²) in [5.74, 6) is 0. The van der Waals surface area contributed by atoms with Gasteiger partial charge in [0.05, 0.1) is 6.54 Å². The van der Waals surface area contributed by atoms with E-state index in [1.165, 1.54) is 16.3 Å². The highest BCUT2D eigenvalue weighted by molar-refractivity contribution is 6.39. The predicted molar refractivity (Wildman–Crippen MR) is 88.0 cm³/mol. The van der Waals surface area contributed by atoms with Crippen molar-refractivity contribution in [3.8, 4) is 0 Å². The summed E-state index contributed by atoms with van der Waals surface area (Å²) in [6.45, 7) is 3.72.